The molecule has 0 aliphatic carbocycles. The highest BCUT2D eigenvalue weighted by Gasteiger charge is 2.16. The van der Waals surface area contributed by atoms with Gasteiger partial charge < -0.3 is 19.7 Å². The maximum atomic E-state index is 12.4. The molecule has 32 heavy (non-hydrogen) atoms. The summed E-state index contributed by atoms with van der Waals surface area (Å²) >= 11 is 0. The summed E-state index contributed by atoms with van der Waals surface area (Å²) in [4.78, 5) is 23.0. The second kappa shape index (κ2) is 10.9. The van der Waals surface area contributed by atoms with Crippen molar-refractivity contribution >= 4 is 22.5 Å². The standard InChI is InChI=1S/C24H25N5O3/c1-4-31-22-13-20-19(12-21(22)28-23(30)9-7-11-29(2)3)24(17(14-25)15-27-20)32-16-18-8-5-6-10-26-18/h5-10,12-13,15H,4,11,16H2,1-3H3,(H,28,30)/b9-7+. The van der Waals surface area contributed by atoms with E-state index in [9.17, 15) is 10.1 Å². The van der Waals surface area contributed by atoms with Crippen molar-refractivity contribution in [2.45, 2.75) is 13.5 Å². The van der Waals surface area contributed by atoms with E-state index in [4.69, 9.17) is 9.47 Å². The molecule has 0 radical (unpaired) electrons. The van der Waals surface area contributed by atoms with Gasteiger partial charge in [0.1, 0.15) is 29.7 Å². The minimum absolute atomic E-state index is 0.191. The van der Waals surface area contributed by atoms with Crippen LogP contribution in [0.1, 0.15) is 18.2 Å². The molecule has 2 aromatic heterocycles. The molecule has 0 fully saturated rings. The Morgan fingerprint density at radius 1 is 1.25 bits per heavy atom. The first kappa shape index (κ1) is 22.7. The number of ether oxygens (including phenoxy) is 2. The van der Waals surface area contributed by atoms with Crippen LogP contribution in [0, 0.1) is 11.3 Å². The SMILES string of the molecule is CCOc1cc2ncc(C#N)c(OCc3ccccn3)c2cc1NC(=O)/C=C/CN(C)C. The van der Waals surface area contributed by atoms with Gasteiger partial charge in [0.2, 0.25) is 5.91 Å². The molecule has 8 heteroatoms. The number of carbonyl (C=O) groups excluding carboxylic acids is 1. The number of carbonyl (C=O) groups is 1. The van der Waals surface area contributed by atoms with Gasteiger partial charge in [0, 0.05) is 36.5 Å². The molecule has 1 amide bonds. The number of anilines is 1. The quantitative estimate of drug-likeness (QED) is 0.517. The first-order valence-electron chi connectivity index (χ1n) is 10.2. The zero-order valence-electron chi connectivity index (χ0n) is 18.3. The lowest BCUT2D eigenvalue weighted by Gasteiger charge is -2.15. The lowest BCUT2D eigenvalue weighted by Crippen LogP contribution is -2.13. The van der Waals surface area contributed by atoms with Crippen LogP contribution in [-0.4, -0.2) is 48.0 Å². The van der Waals surface area contributed by atoms with Crippen molar-refractivity contribution in [1.29, 1.82) is 5.26 Å². The summed E-state index contributed by atoms with van der Waals surface area (Å²) in [5.74, 6) is 0.583. The molecule has 0 saturated heterocycles. The predicted octanol–water partition coefficient (Wildman–Crippen LogP) is 3.54. The largest absolute Gasteiger partial charge is 0.492 e. The van der Waals surface area contributed by atoms with Gasteiger partial charge in [0.15, 0.2) is 0 Å². The average Bonchev–Trinajstić information content (AvgIpc) is 2.78. The molecule has 0 spiro atoms. The Labute approximate surface area is 187 Å². The fourth-order valence-corrected chi connectivity index (χ4v) is 2.98. The number of fused-ring (bicyclic) bond motifs is 1. The van der Waals surface area contributed by atoms with Gasteiger partial charge in [-0.2, -0.15) is 5.26 Å². The summed E-state index contributed by atoms with van der Waals surface area (Å²) in [6.07, 6.45) is 6.39. The zero-order chi connectivity index (χ0) is 22.9. The summed E-state index contributed by atoms with van der Waals surface area (Å²) in [6, 6.07) is 11.1. The molecule has 1 N–H and O–H groups in total. The molecule has 0 unspecified atom stereocenters. The number of rotatable bonds is 9. The second-order valence-electron chi connectivity index (χ2n) is 7.17. The molecule has 0 bridgehead atoms. The van der Waals surface area contributed by atoms with Crippen LogP contribution in [0.15, 0.2) is 54.9 Å². The van der Waals surface area contributed by atoms with Gasteiger partial charge in [-0.3, -0.25) is 14.8 Å². The van der Waals surface area contributed by atoms with Crippen LogP contribution in [0.5, 0.6) is 11.5 Å². The Hall–Kier alpha value is -3.96. The van der Waals surface area contributed by atoms with Crippen molar-refractivity contribution < 1.29 is 14.3 Å². The molecule has 0 aliphatic heterocycles. The van der Waals surface area contributed by atoms with Crippen LogP contribution in [0.2, 0.25) is 0 Å². The lowest BCUT2D eigenvalue weighted by atomic mass is 10.1. The summed E-state index contributed by atoms with van der Waals surface area (Å²) < 4.78 is 11.7. The van der Waals surface area contributed by atoms with E-state index < -0.39 is 0 Å². The Bertz CT molecular complexity index is 1150. The van der Waals surface area contributed by atoms with Crippen molar-refractivity contribution in [1.82, 2.24) is 14.9 Å². The van der Waals surface area contributed by atoms with Gasteiger partial charge in [0.05, 0.1) is 23.5 Å². The Morgan fingerprint density at radius 3 is 2.78 bits per heavy atom. The topological polar surface area (TPSA) is 100 Å². The van der Waals surface area contributed by atoms with Gasteiger partial charge in [0.25, 0.3) is 0 Å². The van der Waals surface area contributed by atoms with Crippen molar-refractivity contribution in [2.24, 2.45) is 0 Å². The number of likely N-dealkylation sites (N-methyl/N-ethyl adjacent to an activating group) is 1. The predicted molar refractivity (Wildman–Crippen MR) is 123 cm³/mol. The molecule has 0 aliphatic rings. The number of benzene rings is 1. The van der Waals surface area contributed by atoms with Crippen LogP contribution in [0.25, 0.3) is 10.9 Å². The summed E-state index contributed by atoms with van der Waals surface area (Å²) in [6.45, 7) is 3.12. The van der Waals surface area contributed by atoms with E-state index in [2.05, 4.69) is 21.4 Å². The fraction of sp³-hybridized carbons (Fsp3) is 0.250. The first-order valence-corrected chi connectivity index (χ1v) is 10.2. The average molecular weight is 431 g/mol. The van der Waals surface area contributed by atoms with Crippen molar-refractivity contribution in [3.05, 3.63) is 66.1 Å². The number of pyridine rings is 2. The van der Waals surface area contributed by atoms with Crippen LogP contribution >= 0.6 is 0 Å². The third-order valence-corrected chi connectivity index (χ3v) is 4.43. The van der Waals surface area contributed by atoms with Gasteiger partial charge in [-0.15, -0.1) is 0 Å². The van der Waals surface area contributed by atoms with E-state index in [1.54, 1.807) is 24.4 Å². The first-order chi connectivity index (χ1) is 15.5. The van der Waals surface area contributed by atoms with Crippen molar-refractivity contribution in [3.63, 3.8) is 0 Å². The van der Waals surface area contributed by atoms with E-state index in [0.29, 0.717) is 46.8 Å². The van der Waals surface area contributed by atoms with Gasteiger partial charge in [-0.1, -0.05) is 12.1 Å². The number of aromatic nitrogens is 2. The molecule has 1 aromatic carbocycles. The van der Waals surface area contributed by atoms with Gasteiger partial charge >= 0.3 is 0 Å². The number of hydrogen-bond acceptors (Lipinski definition) is 7. The summed E-state index contributed by atoms with van der Waals surface area (Å²) in [7, 11) is 3.84. The summed E-state index contributed by atoms with van der Waals surface area (Å²) in [5.41, 5.74) is 2.08. The van der Waals surface area contributed by atoms with E-state index in [1.165, 1.54) is 12.3 Å². The van der Waals surface area contributed by atoms with Gasteiger partial charge in [-0.25, -0.2) is 0 Å². The van der Waals surface area contributed by atoms with E-state index in [0.717, 1.165) is 5.69 Å². The van der Waals surface area contributed by atoms with Crippen LogP contribution in [-0.2, 0) is 11.4 Å². The fourth-order valence-electron chi connectivity index (χ4n) is 2.98. The molecule has 164 valence electrons. The minimum Gasteiger partial charge on any atom is -0.492 e. The van der Waals surface area contributed by atoms with E-state index >= 15 is 0 Å². The minimum atomic E-state index is -0.285. The molecular weight excluding hydrogens is 406 g/mol. The third-order valence-electron chi connectivity index (χ3n) is 4.43. The zero-order valence-corrected chi connectivity index (χ0v) is 18.3. The number of hydrogen-bond donors (Lipinski definition) is 1. The Morgan fingerprint density at radius 2 is 2.09 bits per heavy atom. The van der Waals surface area contributed by atoms with Crippen molar-refractivity contribution in [3.8, 4) is 17.6 Å². The van der Waals surface area contributed by atoms with Gasteiger partial charge in [-0.05, 0) is 39.2 Å². The van der Waals surface area contributed by atoms with Crippen LogP contribution in [0.4, 0.5) is 5.69 Å². The van der Waals surface area contributed by atoms with E-state index in [-0.39, 0.29) is 12.5 Å². The maximum Gasteiger partial charge on any atom is 0.248 e. The monoisotopic (exact) mass is 431 g/mol. The molecule has 2 heterocycles. The smallest absolute Gasteiger partial charge is 0.248 e. The number of nitrogens with zero attached hydrogens (tertiary/aromatic N) is 4. The third kappa shape index (κ3) is 5.80. The highest BCUT2D eigenvalue weighted by molar-refractivity contribution is 6.03. The number of amides is 1. The Kier molecular flexibility index (Phi) is 7.73. The molecule has 3 aromatic rings. The van der Waals surface area contributed by atoms with Crippen LogP contribution < -0.4 is 14.8 Å². The van der Waals surface area contributed by atoms with E-state index in [1.807, 2.05) is 44.1 Å². The number of nitrogens with one attached hydrogen (secondary N) is 1. The molecule has 0 saturated carbocycles. The summed E-state index contributed by atoms with van der Waals surface area (Å²) in [5, 5.41) is 13.0. The molecular formula is C24H25N5O3. The highest BCUT2D eigenvalue weighted by Crippen LogP contribution is 2.36. The highest BCUT2D eigenvalue weighted by atomic mass is 16.5. The molecule has 3 rings (SSSR count). The lowest BCUT2D eigenvalue weighted by molar-refractivity contribution is -0.111. The number of nitriles is 1. The molecule has 8 nitrogen and oxygen atoms in total. The normalized spacial score (nSPS) is 11.0. The van der Waals surface area contributed by atoms with Crippen molar-refractivity contribution in [2.75, 3.05) is 32.6 Å². The maximum absolute atomic E-state index is 12.4. The second-order valence-corrected chi connectivity index (χ2v) is 7.17. The Balaban J connectivity index is 1.99. The molecule has 0 atom stereocenters. The van der Waals surface area contributed by atoms with Crippen LogP contribution in [0.3, 0.4) is 0 Å².